The first-order valence-corrected chi connectivity index (χ1v) is 7.51. The Morgan fingerprint density at radius 3 is 2.33 bits per heavy atom. The Morgan fingerprint density at radius 1 is 1.22 bits per heavy atom. The molecule has 2 rings (SSSR count). The second-order valence-electron chi connectivity index (χ2n) is 5.22. The fraction of sp³-hybridized carbons (Fsp3) is 0.533. The minimum absolute atomic E-state index is 0.0684. The second kappa shape index (κ2) is 5.89. The second-order valence-corrected chi connectivity index (χ2v) is 6.87. The van der Waals surface area contributed by atoms with Crippen LogP contribution >= 0.6 is 11.8 Å². The van der Waals surface area contributed by atoms with Gasteiger partial charge in [0.05, 0.1) is 6.04 Å². The van der Waals surface area contributed by atoms with Crippen LogP contribution in [0, 0.1) is 0 Å². The van der Waals surface area contributed by atoms with Crippen LogP contribution in [0.5, 0.6) is 0 Å². The van der Waals surface area contributed by atoms with Gasteiger partial charge in [-0.1, -0.05) is 26.0 Å². The summed E-state index contributed by atoms with van der Waals surface area (Å²) in [5.41, 5.74) is 0.809. The van der Waals surface area contributed by atoms with E-state index >= 15 is 0 Å². The third-order valence-corrected chi connectivity index (χ3v) is 3.98. The van der Waals surface area contributed by atoms with Crippen LogP contribution in [0.15, 0.2) is 29.2 Å². The van der Waals surface area contributed by atoms with E-state index in [0.29, 0.717) is 11.3 Å². The van der Waals surface area contributed by atoms with Gasteiger partial charge in [-0.05, 0) is 31.9 Å². The molecule has 1 fully saturated rings. The SMILES string of the molecule is CC(C)Sc1ccc(C(=O)C(C)NC2CC2)cc1. The summed E-state index contributed by atoms with van der Waals surface area (Å²) in [4.78, 5) is 13.4. The van der Waals surface area contributed by atoms with Crippen LogP contribution in [0.25, 0.3) is 0 Å². The van der Waals surface area contributed by atoms with E-state index in [9.17, 15) is 4.79 Å². The highest BCUT2D eigenvalue weighted by Crippen LogP contribution is 2.24. The van der Waals surface area contributed by atoms with Gasteiger partial charge in [0.25, 0.3) is 0 Å². The average molecular weight is 263 g/mol. The molecule has 98 valence electrons. The summed E-state index contributed by atoms with van der Waals surface area (Å²) in [5, 5.41) is 3.92. The van der Waals surface area contributed by atoms with Gasteiger partial charge in [-0.3, -0.25) is 4.79 Å². The number of carbonyl (C=O) groups excluding carboxylic acids is 1. The zero-order valence-corrected chi connectivity index (χ0v) is 12.1. The summed E-state index contributed by atoms with van der Waals surface area (Å²) in [6.45, 7) is 6.30. The first-order chi connectivity index (χ1) is 8.56. The maximum absolute atomic E-state index is 12.2. The molecule has 0 amide bonds. The number of ketones is 1. The smallest absolute Gasteiger partial charge is 0.179 e. The monoisotopic (exact) mass is 263 g/mol. The summed E-state index contributed by atoms with van der Waals surface area (Å²) in [5.74, 6) is 0.197. The van der Waals surface area contributed by atoms with Gasteiger partial charge in [0.2, 0.25) is 0 Å². The van der Waals surface area contributed by atoms with Crippen molar-refractivity contribution in [3.05, 3.63) is 29.8 Å². The molecule has 0 bridgehead atoms. The highest BCUT2D eigenvalue weighted by atomic mass is 32.2. The van der Waals surface area contributed by atoms with Gasteiger partial charge in [0.1, 0.15) is 0 Å². The number of Topliss-reactive ketones (excluding diaryl/α,β-unsaturated/α-hetero) is 1. The van der Waals surface area contributed by atoms with Gasteiger partial charge in [-0.15, -0.1) is 11.8 Å². The van der Waals surface area contributed by atoms with Crippen molar-refractivity contribution in [2.45, 2.75) is 55.8 Å². The fourth-order valence-corrected chi connectivity index (χ4v) is 2.74. The van der Waals surface area contributed by atoms with E-state index in [1.165, 1.54) is 17.7 Å². The Hall–Kier alpha value is -0.800. The summed E-state index contributed by atoms with van der Waals surface area (Å²) in [7, 11) is 0. The third-order valence-electron chi connectivity index (χ3n) is 2.97. The Bertz CT molecular complexity index is 409. The summed E-state index contributed by atoms with van der Waals surface area (Å²) < 4.78 is 0. The maximum atomic E-state index is 12.2. The number of carbonyl (C=O) groups is 1. The summed E-state index contributed by atoms with van der Waals surface area (Å²) >= 11 is 1.82. The molecular weight excluding hydrogens is 242 g/mol. The van der Waals surface area contributed by atoms with Gasteiger partial charge in [0, 0.05) is 21.8 Å². The Labute approximate surface area is 114 Å². The molecule has 0 heterocycles. The lowest BCUT2D eigenvalue weighted by molar-refractivity contribution is 0.0950. The highest BCUT2D eigenvalue weighted by molar-refractivity contribution is 7.99. The molecule has 3 heteroatoms. The summed E-state index contributed by atoms with van der Waals surface area (Å²) in [6.07, 6.45) is 2.42. The summed E-state index contributed by atoms with van der Waals surface area (Å²) in [6, 6.07) is 8.47. The van der Waals surface area contributed by atoms with Crippen molar-refractivity contribution >= 4 is 17.5 Å². The third kappa shape index (κ3) is 3.85. The van der Waals surface area contributed by atoms with E-state index < -0.39 is 0 Å². The first kappa shape index (κ1) is 13.6. The molecule has 0 radical (unpaired) electrons. The lowest BCUT2D eigenvalue weighted by atomic mass is 10.1. The van der Waals surface area contributed by atoms with E-state index in [1.807, 2.05) is 43.0 Å². The van der Waals surface area contributed by atoms with Crippen molar-refractivity contribution in [2.24, 2.45) is 0 Å². The van der Waals surface area contributed by atoms with E-state index in [4.69, 9.17) is 0 Å². The molecule has 1 aromatic carbocycles. The van der Waals surface area contributed by atoms with Crippen molar-refractivity contribution in [1.82, 2.24) is 5.32 Å². The predicted octanol–water partition coefficient (Wildman–Crippen LogP) is 3.51. The number of hydrogen-bond acceptors (Lipinski definition) is 3. The molecule has 2 nitrogen and oxygen atoms in total. The Morgan fingerprint density at radius 2 is 1.83 bits per heavy atom. The molecule has 1 aliphatic rings. The van der Waals surface area contributed by atoms with Gasteiger partial charge in [-0.25, -0.2) is 0 Å². The minimum atomic E-state index is -0.0684. The molecule has 1 atom stereocenters. The Balaban J connectivity index is 1.96. The predicted molar refractivity (Wildman–Crippen MR) is 77.4 cm³/mol. The molecule has 0 saturated heterocycles. The number of benzene rings is 1. The highest BCUT2D eigenvalue weighted by Gasteiger charge is 2.26. The lowest BCUT2D eigenvalue weighted by Gasteiger charge is -2.12. The van der Waals surface area contributed by atoms with Crippen molar-refractivity contribution in [3.63, 3.8) is 0 Å². The van der Waals surface area contributed by atoms with Crippen LogP contribution in [0.1, 0.15) is 44.0 Å². The van der Waals surface area contributed by atoms with Crippen LogP contribution in [0.2, 0.25) is 0 Å². The molecule has 1 unspecified atom stereocenters. The molecule has 1 saturated carbocycles. The van der Waals surface area contributed by atoms with Crippen LogP contribution in [-0.4, -0.2) is 23.1 Å². The molecule has 1 N–H and O–H groups in total. The van der Waals surface area contributed by atoms with Gasteiger partial charge < -0.3 is 5.32 Å². The van der Waals surface area contributed by atoms with Crippen molar-refractivity contribution in [1.29, 1.82) is 0 Å². The number of thioether (sulfide) groups is 1. The zero-order valence-electron chi connectivity index (χ0n) is 11.3. The van der Waals surface area contributed by atoms with E-state index in [-0.39, 0.29) is 11.8 Å². The normalized spacial score (nSPS) is 16.9. The zero-order chi connectivity index (χ0) is 13.1. The largest absolute Gasteiger partial charge is 0.305 e. The fourth-order valence-electron chi connectivity index (χ4n) is 1.90. The van der Waals surface area contributed by atoms with Gasteiger partial charge in [0.15, 0.2) is 5.78 Å². The molecule has 0 aromatic heterocycles. The first-order valence-electron chi connectivity index (χ1n) is 6.63. The van der Waals surface area contributed by atoms with Crippen LogP contribution in [-0.2, 0) is 0 Å². The van der Waals surface area contributed by atoms with Gasteiger partial charge in [-0.2, -0.15) is 0 Å². The quantitative estimate of drug-likeness (QED) is 0.629. The van der Waals surface area contributed by atoms with Crippen molar-refractivity contribution in [3.8, 4) is 0 Å². The van der Waals surface area contributed by atoms with E-state index in [0.717, 1.165) is 5.56 Å². The van der Waals surface area contributed by atoms with E-state index in [2.05, 4.69) is 19.2 Å². The molecule has 0 aliphatic heterocycles. The molecular formula is C15H21NOS. The lowest BCUT2D eigenvalue weighted by Crippen LogP contribution is -2.35. The minimum Gasteiger partial charge on any atom is -0.305 e. The molecule has 1 aromatic rings. The van der Waals surface area contributed by atoms with Crippen LogP contribution in [0.3, 0.4) is 0 Å². The number of rotatable bonds is 6. The average Bonchev–Trinajstić information content (AvgIpc) is 3.12. The standard InChI is InChI=1S/C15H21NOS/c1-10(2)18-14-8-4-12(5-9-14)15(17)11(3)16-13-6-7-13/h4-5,8-11,13,16H,6-7H2,1-3H3. The number of hydrogen-bond donors (Lipinski definition) is 1. The van der Waals surface area contributed by atoms with Crippen LogP contribution in [0.4, 0.5) is 0 Å². The van der Waals surface area contributed by atoms with Crippen molar-refractivity contribution < 1.29 is 4.79 Å². The van der Waals surface area contributed by atoms with Gasteiger partial charge >= 0.3 is 0 Å². The molecule has 1 aliphatic carbocycles. The topological polar surface area (TPSA) is 29.1 Å². The maximum Gasteiger partial charge on any atom is 0.179 e. The van der Waals surface area contributed by atoms with Crippen LogP contribution < -0.4 is 5.32 Å². The van der Waals surface area contributed by atoms with E-state index in [1.54, 1.807) is 0 Å². The Kier molecular flexibility index (Phi) is 4.46. The van der Waals surface area contributed by atoms with Crippen molar-refractivity contribution in [2.75, 3.05) is 0 Å². The molecule has 18 heavy (non-hydrogen) atoms. The molecule has 0 spiro atoms. The number of nitrogens with one attached hydrogen (secondary N) is 1.